The van der Waals surface area contributed by atoms with Crippen LogP contribution in [-0.2, 0) is 0 Å². The standard InChI is InChI=1S/C18H11FN2O2/c19-15-4-2-1-3-14(15)16-9-10-17(23-16)18(22)21-13-7-5-12(11-20)6-8-13/h1-10H,(H,21,22). The maximum atomic E-state index is 13.7. The van der Waals surface area contributed by atoms with Crippen molar-refractivity contribution in [3.05, 3.63) is 77.8 Å². The van der Waals surface area contributed by atoms with Gasteiger partial charge in [0.2, 0.25) is 0 Å². The van der Waals surface area contributed by atoms with E-state index in [9.17, 15) is 9.18 Å². The van der Waals surface area contributed by atoms with E-state index in [-0.39, 0.29) is 11.5 Å². The molecule has 0 saturated carbocycles. The van der Waals surface area contributed by atoms with E-state index in [1.54, 1.807) is 48.5 Å². The minimum atomic E-state index is -0.447. The van der Waals surface area contributed by atoms with E-state index in [1.807, 2.05) is 6.07 Å². The number of carbonyl (C=O) groups is 1. The molecule has 0 aliphatic rings. The molecule has 0 spiro atoms. The molecule has 3 aromatic rings. The Hall–Kier alpha value is -3.39. The summed E-state index contributed by atoms with van der Waals surface area (Å²) in [6, 6.07) is 17.7. The van der Waals surface area contributed by atoms with Gasteiger partial charge in [-0.15, -0.1) is 0 Å². The van der Waals surface area contributed by atoms with Crippen LogP contribution in [0.1, 0.15) is 16.1 Å². The number of benzene rings is 2. The van der Waals surface area contributed by atoms with Crippen LogP contribution in [0, 0.1) is 17.1 Å². The molecule has 4 nitrogen and oxygen atoms in total. The van der Waals surface area contributed by atoms with E-state index in [4.69, 9.17) is 9.68 Å². The highest BCUT2D eigenvalue weighted by atomic mass is 19.1. The third-order valence-electron chi connectivity index (χ3n) is 3.24. The lowest BCUT2D eigenvalue weighted by molar-refractivity contribution is 0.0997. The average molecular weight is 306 g/mol. The lowest BCUT2D eigenvalue weighted by Crippen LogP contribution is -2.10. The predicted octanol–water partition coefficient (Wildman–Crippen LogP) is 4.21. The van der Waals surface area contributed by atoms with Gasteiger partial charge in [-0.05, 0) is 48.5 Å². The lowest BCUT2D eigenvalue weighted by Gasteiger charge is -2.03. The quantitative estimate of drug-likeness (QED) is 0.788. The molecule has 0 atom stereocenters. The highest BCUT2D eigenvalue weighted by molar-refractivity contribution is 6.02. The van der Waals surface area contributed by atoms with Crippen LogP contribution >= 0.6 is 0 Å². The number of nitriles is 1. The molecular formula is C18H11FN2O2. The summed E-state index contributed by atoms with van der Waals surface area (Å²) in [5, 5.41) is 11.4. The molecule has 1 aromatic heterocycles. The Bertz CT molecular complexity index is 892. The molecule has 0 radical (unpaired) electrons. The Morgan fingerprint density at radius 3 is 2.48 bits per heavy atom. The summed E-state index contributed by atoms with van der Waals surface area (Å²) in [4.78, 5) is 12.1. The Labute approximate surface area is 131 Å². The number of nitrogens with one attached hydrogen (secondary N) is 1. The first-order valence-electron chi connectivity index (χ1n) is 6.83. The third kappa shape index (κ3) is 3.11. The number of anilines is 1. The molecule has 2 aromatic carbocycles. The van der Waals surface area contributed by atoms with Gasteiger partial charge in [-0.3, -0.25) is 4.79 Å². The Morgan fingerprint density at radius 2 is 1.78 bits per heavy atom. The topological polar surface area (TPSA) is 66.0 Å². The third-order valence-corrected chi connectivity index (χ3v) is 3.24. The van der Waals surface area contributed by atoms with Crippen molar-refractivity contribution >= 4 is 11.6 Å². The summed E-state index contributed by atoms with van der Waals surface area (Å²) >= 11 is 0. The number of nitrogens with zero attached hydrogens (tertiary/aromatic N) is 1. The first kappa shape index (κ1) is 14.5. The molecule has 0 bridgehead atoms. The largest absolute Gasteiger partial charge is 0.451 e. The van der Waals surface area contributed by atoms with E-state index in [2.05, 4.69) is 5.32 Å². The van der Waals surface area contributed by atoms with Crippen molar-refractivity contribution in [3.8, 4) is 17.4 Å². The minimum absolute atomic E-state index is 0.0765. The average Bonchev–Trinajstić information content (AvgIpc) is 3.06. The summed E-state index contributed by atoms with van der Waals surface area (Å²) in [5.41, 5.74) is 1.34. The summed E-state index contributed by atoms with van der Waals surface area (Å²) in [6.07, 6.45) is 0. The number of furan rings is 1. The normalized spacial score (nSPS) is 10.1. The fourth-order valence-electron chi connectivity index (χ4n) is 2.09. The van der Waals surface area contributed by atoms with Crippen LogP contribution in [0.5, 0.6) is 0 Å². The molecule has 23 heavy (non-hydrogen) atoms. The molecule has 0 unspecified atom stereocenters. The van der Waals surface area contributed by atoms with Gasteiger partial charge in [-0.25, -0.2) is 4.39 Å². The second-order valence-electron chi connectivity index (χ2n) is 4.79. The molecule has 0 aliphatic heterocycles. The monoisotopic (exact) mass is 306 g/mol. The lowest BCUT2D eigenvalue weighted by atomic mass is 10.1. The van der Waals surface area contributed by atoms with Crippen molar-refractivity contribution in [1.82, 2.24) is 0 Å². The van der Waals surface area contributed by atoms with E-state index >= 15 is 0 Å². The van der Waals surface area contributed by atoms with Gasteiger partial charge in [-0.2, -0.15) is 5.26 Å². The maximum Gasteiger partial charge on any atom is 0.291 e. The number of halogens is 1. The zero-order chi connectivity index (χ0) is 16.2. The van der Waals surface area contributed by atoms with Crippen molar-refractivity contribution in [2.45, 2.75) is 0 Å². The van der Waals surface area contributed by atoms with Crippen LogP contribution in [0.2, 0.25) is 0 Å². The van der Waals surface area contributed by atoms with Gasteiger partial charge in [-0.1, -0.05) is 12.1 Å². The van der Waals surface area contributed by atoms with Crippen molar-refractivity contribution in [2.24, 2.45) is 0 Å². The first-order valence-corrected chi connectivity index (χ1v) is 6.83. The van der Waals surface area contributed by atoms with Crippen LogP contribution in [0.15, 0.2) is 65.1 Å². The molecule has 5 heteroatoms. The highest BCUT2D eigenvalue weighted by Crippen LogP contribution is 2.25. The molecule has 112 valence electrons. The summed E-state index contributed by atoms with van der Waals surface area (Å²) in [6.45, 7) is 0. The van der Waals surface area contributed by atoms with Gasteiger partial charge >= 0.3 is 0 Å². The molecule has 0 aliphatic carbocycles. The molecule has 3 rings (SSSR count). The maximum absolute atomic E-state index is 13.7. The summed E-state index contributed by atoms with van der Waals surface area (Å²) in [7, 11) is 0. The van der Waals surface area contributed by atoms with E-state index in [0.29, 0.717) is 16.8 Å². The first-order chi connectivity index (χ1) is 11.2. The van der Waals surface area contributed by atoms with Gasteiger partial charge in [0.05, 0.1) is 17.2 Å². The van der Waals surface area contributed by atoms with Crippen molar-refractivity contribution < 1.29 is 13.6 Å². The fraction of sp³-hybridized carbons (Fsp3) is 0. The molecule has 0 fully saturated rings. The van der Waals surface area contributed by atoms with E-state index in [0.717, 1.165) is 0 Å². The molecule has 1 amide bonds. The number of rotatable bonds is 3. The fourth-order valence-corrected chi connectivity index (χ4v) is 2.09. The van der Waals surface area contributed by atoms with Crippen molar-refractivity contribution in [2.75, 3.05) is 5.32 Å². The Morgan fingerprint density at radius 1 is 1.04 bits per heavy atom. The number of hydrogen-bond donors (Lipinski definition) is 1. The highest BCUT2D eigenvalue weighted by Gasteiger charge is 2.14. The van der Waals surface area contributed by atoms with Crippen molar-refractivity contribution in [3.63, 3.8) is 0 Å². The molecule has 1 N–H and O–H groups in total. The Kier molecular flexibility index (Phi) is 3.89. The van der Waals surface area contributed by atoms with E-state index < -0.39 is 11.7 Å². The number of amides is 1. The van der Waals surface area contributed by atoms with Gasteiger partial charge in [0.1, 0.15) is 11.6 Å². The zero-order valence-corrected chi connectivity index (χ0v) is 11.9. The molecule has 0 saturated heterocycles. The second-order valence-corrected chi connectivity index (χ2v) is 4.79. The smallest absolute Gasteiger partial charge is 0.291 e. The van der Waals surface area contributed by atoms with Gasteiger partial charge in [0.15, 0.2) is 5.76 Å². The Balaban J connectivity index is 1.78. The number of carbonyl (C=O) groups excluding carboxylic acids is 1. The minimum Gasteiger partial charge on any atom is -0.451 e. The SMILES string of the molecule is N#Cc1ccc(NC(=O)c2ccc(-c3ccccc3F)o2)cc1. The molecular weight excluding hydrogens is 295 g/mol. The van der Waals surface area contributed by atoms with Crippen LogP contribution < -0.4 is 5.32 Å². The van der Waals surface area contributed by atoms with Crippen LogP contribution in [0.4, 0.5) is 10.1 Å². The van der Waals surface area contributed by atoms with Gasteiger partial charge in [0.25, 0.3) is 5.91 Å². The second kappa shape index (κ2) is 6.16. The zero-order valence-electron chi connectivity index (χ0n) is 11.9. The van der Waals surface area contributed by atoms with Gasteiger partial charge < -0.3 is 9.73 Å². The summed E-state index contributed by atoms with van der Waals surface area (Å²) in [5.74, 6) is -0.501. The van der Waals surface area contributed by atoms with E-state index in [1.165, 1.54) is 12.1 Å². The van der Waals surface area contributed by atoms with Crippen LogP contribution in [0.25, 0.3) is 11.3 Å². The van der Waals surface area contributed by atoms with Crippen LogP contribution in [-0.4, -0.2) is 5.91 Å². The van der Waals surface area contributed by atoms with Gasteiger partial charge in [0, 0.05) is 5.69 Å². The number of hydrogen-bond acceptors (Lipinski definition) is 3. The van der Waals surface area contributed by atoms with Crippen molar-refractivity contribution in [1.29, 1.82) is 5.26 Å². The predicted molar refractivity (Wildman–Crippen MR) is 83.2 cm³/mol. The molecule has 1 heterocycles. The summed E-state index contributed by atoms with van der Waals surface area (Å²) < 4.78 is 19.1. The van der Waals surface area contributed by atoms with Crippen LogP contribution in [0.3, 0.4) is 0 Å².